The molecule has 7 nitrogen and oxygen atoms in total. The van der Waals surface area contributed by atoms with Crippen molar-refractivity contribution in [2.75, 3.05) is 0 Å². The largest absolute Gasteiger partial charge is 0.332 e. The summed E-state index contributed by atoms with van der Waals surface area (Å²) >= 11 is 3.39. The minimum absolute atomic E-state index is 0.181. The molecule has 25 heavy (non-hydrogen) atoms. The van der Waals surface area contributed by atoms with E-state index in [4.69, 9.17) is 4.52 Å². The van der Waals surface area contributed by atoms with Gasteiger partial charge in [0, 0.05) is 16.1 Å². The zero-order valence-electron chi connectivity index (χ0n) is 12.9. The first-order valence-electron chi connectivity index (χ1n) is 7.26. The first-order chi connectivity index (χ1) is 12.0. The number of fused-ring (bicyclic) bond motifs is 1. The van der Waals surface area contributed by atoms with E-state index in [0.717, 1.165) is 3.97 Å². The zero-order valence-corrected chi connectivity index (χ0v) is 15.3. The van der Waals surface area contributed by atoms with Crippen LogP contribution in [0.5, 0.6) is 0 Å². The van der Waals surface area contributed by atoms with Crippen LogP contribution in [0, 0.1) is 6.92 Å². The molecule has 0 fully saturated rings. The molecule has 0 amide bonds. The van der Waals surface area contributed by atoms with Crippen LogP contribution in [0.2, 0.25) is 0 Å². The lowest BCUT2D eigenvalue weighted by molar-refractivity contribution is 0.424. The monoisotopic (exact) mass is 418 g/mol. The SMILES string of the molecule is Cc1noc(-c2ccc3c(Br)cn(S(=O)(=O)c4ccccc4)c3n2)n1. The summed E-state index contributed by atoms with van der Waals surface area (Å²) in [6.45, 7) is 1.70. The maximum absolute atomic E-state index is 13.0. The van der Waals surface area contributed by atoms with Crippen molar-refractivity contribution in [1.29, 1.82) is 0 Å². The highest BCUT2D eigenvalue weighted by atomic mass is 79.9. The van der Waals surface area contributed by atoms with E-state index in [1.54, 1.807) is 49.4 Å². The highest BCUT2D eigenvalue weighted by molar-refractivity contribution is 9.10. The van der Waals surface area contributed by atoms with Crippen LogP contribution < -0.4 is 0 Å². The summed E-state index contributed by atoms with van der Waals surface area (Å²) in [6.07, 6.45) is 1.49. The van der Waals surface area contributed by atoms with Gasteiger partial charge in [-0.05, 0) is 47.1 Å². The predicted octanol–water partition coefficient (Wildman–Crippen LogP) is 3.39. The third kappa shape index (κ3) is 2.65. The average Bonchev–Trinajstić information content (AvgIpc) is 3.19. The van der Waals surface area contributed by atoms with Gasteiger partial charge in [-0.15, -0.1) is 0 Å². The molecule has 3 heterocycles. The van der Waals surface area contributed by atoms with Crippen LogP contribution in [0.1, 0.15) is 5.82 Å². The Bertz CT molecular complexity index is 1180. The van der Waals surface area contributed by atoms with E-state index in [2.05, 4.69) is 31.1 Å². The van der Waals surface area contributed by atoms with Gasteiger partial charge in [-0.25, -0.2) is 17.4 Å². The molecule has 4 aromatic rings. The lowest BCUT2D eigenvalue weighted by Crippen LogP contribution is -2.12. The van der Waals surface area contributed by atoms with E-state index < -0.39 is 10.0 Å². The highest BCUT2D eigenvalue weighted by Gasteiger charge is 2.22. The van der Waals surface area contributed by atoms with Gasteiger partial charge >= 0.3 is 0 Å². The van der Waals surface area contributed by atoms with E-state index in [0.29, 0.717) is 21.4 Å². The number of hydrogen-bond acceptors (Lipinski definition) is 6. The average molecular weight is 419 g/mol. The fraction of sp³-hybridized carbons (Fsp3) is 0.0625. The summed E-state index contributed by atoms with van der Waals surface area (Å²) in [6, 6.07) is 11.7. The lowest BCUT2D eigenvalue weighted by atomic mass is 10.3. The Balaban J connectivity index is 1.96. The Morgan fingerprint density at radius 2 is 1.84 bits per heavy atom. The van der Waals surface area contributed by atoms with Crippen molar-refractivity contribution in [3.05, 3.63) is 59.0 Å². The van der Waals surface area contributed by atoms with Gasteiger partial charge in [-0.3, -0.25) is 0 Å². The molecule has 4 rings (SSSR count). The van der Waals surface area contributed by atoms with Gasteiger partial charge in [0.2, 0.25) is 0 Å². The molecule has 1 aromatic carbocycles. The Morgan fingerprint density at radius 3 is 2.52 bits per heavy atom. The van der Waals surface area contributed by atoms with Gasteiger partial charge in [0.1, 0.15) is 5.69 Å². The summed E-state index contributed by atoms with van der Waals surface area (Å²) in [7, 11) is -3.78. The topological polar surface area (TPSA) is 90.9 Å². The van der Waals surface area contributed by atoms with Crippen molar-refractivity contribution in [1.82, 2.24) is 19.1 Å². The van der Waals surface area contributed by atoms with Crippen molar-refractivity contribution in [3.8, 4) is 11.6 Å². The molecule has 0 bridgehead atoms. The highest BCUT2D eigenvalue weighted by Crippen LogP contribution is 2.30. The molecule has 126 valence electrons. The number of nitrogens with zero attached hydrogens (tertiary/aromatic N) is 4. The Kier molecular flexibility index (Phi) is 3.69. The van der Waals surface area contributed by atoms with Gasteiger partial charge in [0.05, 0.1) is 4.90 Å². The van der Waals surface area contributed by atoms with Gasteiger partial charge in [0.15, 0.2) is 11.5 Å². The zero-order chi connectivity index (χ0) is 17.6. The molecule has 3 aromatic heterocycles. The Morgan fingerprint density at radius 1 is 1.08 bits per heavy atom. The second-order valence-electron chi connectivity index (χ2n) is 5.31. The normalized spacial score (nSPS) is 11.9. The van der Waals surface area contributed by atoms with Crippen LogP contribution in [0.4, 0.5) is 0 Å². The van der Waals surface area contributed by atoms with Crippen molar-refractivity contribution < 1.29 is 12.9 Å². The third-order valence-electron chi connectivity index (χ3n) is 3.62. The van der Waals surface area contributed by atoms with Crippen molar-refractivity contribution in [2.45, 2.75) is 11.8 Å². The number of benzene rings is 1. The summed E-state index contributed by atoms with van der Waals surface area (Å²) < 4.78 is 32.8. The number of aryl methyl sites for hydroxylation is 1. The second-order valence-corrected chi connectivity index (χ2v) is 7.97. The number of pyridine rings is 1. The molecule has 0 spiro atoms. The van der Waals surface area contributed by atoms with Crippen LogP contribution >= 0.6 is 15.9 Å². The van der Waals surface area contributed by atoms with Gasteiger partial charge < -0.3 is 4.52 Å². The standard InChI is InChI=1S/C16H11BrN4O3S/c1-10-18-16(24-20-10)14-8-7-12-13(17)9-21(15(12)19-14)25(22,23)11-5-3-2-4-6-11/h2-9H,1H3. The smallest absolute Gasteiger partial charge is 0.276 e. The molecule has 0 aliphatic carbocycles. The van der Waals surface area contributed by atoms with Crippen LogP contribution in [0.3, 0.4) is 0 Å². The molecule has 0 N–H and O–H groups in total. The minimum Gasteiger partial charge on any atom is -0.332 e. The minimum atomic E-state index is -3.78. The molecule has 0 unspecified atom stereocenters. The van der Waals surface area contributed by atoms with E-state index in [1.807, 2.05) is 0 Å². The van der Waals surface area contributed by atoms with Crippen LogP contribution in [0.15, 0.2) is 62.6 Å². The molecule has 9 heteroatoms. The van der Waals surface area contributed by atoms with Gasteiger partial charge in [-0.2, -0.15) is 4.98 Å². The van der Waals surface area contributed by atoms with Crippen molar-refractivity contribution in [2.24, 2.45) is 0 Å². The molecule has 0 aliphatic rings. The molecule has 0 radical (unpaired) electrons. The number of rotatable bonds is 3. The van der Waals surface area contributed by atoms with Crippen LogP contribution in [-0.2, 0) is 10.0 Å². The fourth-order valence-corrected chi connectivity index (χ4v) is 4.43. The number of hydrogen-bond donors (Lipinski definition) is 0. The second kappa shape index (κ2) is 5.78. The molecular formula is C16H11BrN4O3S. The van der Waals surface area contributed by atoms with E-state index in [-0.39, 0.29) is 16.4 Å². The Hall–Kier alpha value is -2.52. The van der Waals surface area contributed by atoms with E-state index in [1.165, 1.54) is 6.20 Å². The third-order valence-corrected chi connectivity index (χ3v) is 5.91. The fourth-order valence-electron chi connectivity index (χ4n) is 2.45. The van der Waals surface area contributed by atoms with Crippen LogP contribution in [-0.4, -0.2) is 27.5 Å². The van der Waals surface area contributed by atoms with E-state index >= 15 is 0 Å². The maximum atomic E-state index is 13.0. The summed E-state index contributed by atoms with van der Waals surface area (Å²) in [5.74, 6) is 0.714. The van der Waals surface area contributed by atoms with Crippen molar-refractivity contribution >= 4 is 37.0 Å². The maximum Gasteiger partial charge on any atom is 0.276 e. The summed E-state index contributed by atoms with van der Waals surface area (Å²) in [4.78, 5) is 8.74. The molecule has 0 saturated carbocycles. The Labute approximate surface area is 151 Å². The van der Waals surface area contributed by atoms with Gasteiger partial charge in [0.25, 0.3) is 15.9 Å². The molecule has 0 aliphatic heterocycles. The first-order valence-corrected chi connectivity index (χ1v) is 9.49. The molecule has 0 atom stereocenters. The van der Waals surface area contributed by atoms with E-state index in [9.17, 15) is 8.42 Å². The molecule has 0 saturated heterocycles. The molecular weight excluding hydrogens is 408 g/mol. The van der Waals surface area contributed by atoms with Crippen molar-refractivity contribution in [3.63, 3.8) is 0 Å². The van der Waals surface area contributed by atoms with Crippen LogP contribution in [0.25, 0.3) is 22.6 Å². The first kappa shape index (κ1) is 16.0. The summed E-state index contributed by atoms with van der Waals surface area (Å²) in [5, 5.41) is 4.40. The summed E-state index contributed by atoms with van der Waals surface area (Å²) in [5.41, 5.74) is 0.687. The quantitative estimate of drug-likeness (QED) is 0.506. The number of aromatic nitrogens is 4. The number of halogens is 1. The lowest BCUT2D eigenvalue weighted by Gasteiger charge is -2.07. The predicted molar refractivity (Wildman–Crippen MR) is 94.5 cm³/mol. The van der Waals surface area contributed by atoms with Gasteiger partial charge in [-0.1, -0.05) is 23.4 Å².